The van der Waals surface area contributed by atoms with Crippen molar-refractivity contribution in [3.63, 3.8) is 0 Å². The standard InChI is InChI=1S/C7H15N/c1-3-4-8-5-7(2)6-8/h7H,3-6H2,1-2H3. The highest BCUT2D eigenvalue weighted by Gasteiger charge is 2.20. The summed E-state index contributed by atoms with van der Waals surface area (Å²) in [4.78, 5) is 2.50. The summed E-state index contributed by atoms with van der Waals surface area (Å²) < 4.78 is 0. The van der Waals surface area contributed by atoms with Crippen molar-refractivity contribution in [1.29, 1.82) is 0 Å². The first-order valence-electron chi connectivity index (χ1n) is 3.55. The van der Waals surface area contributed by atoms with Crippen LogP contribution in [0.2, 0.25) is 0 Å². The third-order valence-corrected chi connectivity index (χ3v) is 1.68. The molecule has 0 aromatic heterocycles. The van der Waals surface area contributed by atoms with Gasteiger partial charge in [0.1, 0.15) is 0 Å². The molecule has 1 heterocycles. The number of rotatable bonds is 2. The molecule has 0 amide bonds. The Hall–Kier alpha value is -0.0400. The third-order valence-electron chi connectivity index (χ3n) is 1.68. The summed E-state index contributed by atoms with van der Waals surface area (Å²) in [5.41, 5.74) is 0. The second-order valence-electron chi connectivity index (χ2n) is 2.86. The molecule has 1 fully saturated rings. The first kappa shape index (κ1) is 6.09. The smallest absolute Gasteiger partial charge is 0.00194 e. The zero-order valence-electron chi connectivity index (χ0n) is 5.85. The fourth-order valence-corrected chi connectivity index (χ4v) is 1.33. The van der Waals surface area contributed by atoms with E-state index in [-0.39, 0.29) is 0 Å². The van der Waals surface area contributed by atoms with Gasteiger partial charge in [-0.1, -0.05) is 13.8 Å². The lowest BCUT2D eigenvalue weighted by molar-refractivity contribution is 0.113. The molecule has 1 aliphatic heterocycles. The van der Waals surface area contributed by atoms with Crippen molar-refractivity contribution in [3.8, 4) is 0 Å². The van der Waals surface area contributed by atoms with E-state index in [4.69, 9.17) is 0 Å². The maximum absolute atomic E-state index is 2.50. The van der Waals surface area contributed by atoms with Crippen LogP contribution < -0.4 is 0 Å². The van der Waals surface area contributed by atoms with Crippen LogP contribution in [0.5, 0.6) is 0 Å². The van der Waals surface area contributed by atoms with Gasteiger partial charge in [0.15, 0.2) is 0 Å². The van der Waals surface area contributed by atoms with Gasteiger partial charge in [-0.3, -0.25) is 0 Å². The molecule has 1 saturated heterocycles. The van der Waals surface area contributed by atoms with E-state index in [9.17, 15) is 0 Å². The van der Waals surface area contributed by atoms with Gasteiger partial charge in [-0.15, -0.1) is 0 Å². The third kappa shape index (κ3) is 1.22. The Kier molecular flexibility index (Phi) is 1.90. The predicted octanol–water partition coefficient (Wildman–Crippen LogP) is 1.35. The van der Waals surface area contributed by atoms with Gasteiger partial charge in [-0.2, -0.15) is 0 Å². The summed E-state index contributed by atoms with van der Waals surface area (Å²) in [5, 5.41) is 0. The lowest BCUT2D eigenvalue weighted by Gasteiger charge is -2.36. The fourth-order valence-electron chi connectivity index (χ4n) is 1.33. The molecule has 0 spiro atoms. The summed E-state index contributed by atoms with van der Waals surface area (Å²) in [5.74, 6) is 0.974. The lowest BCUT2D eigenvalue weighted by Crippen LogP contribution is -2.45. The summed E-state index contributed by atoms with van der Waals surface area (Å²) in [6.07, 6.45) is 1.31. The summed E-state index contributed by atoms with van der Waals surface area (Å²) in [6, 6.07) is 0. The van der Waals surface area contributed by atoms with Crippen LogP contribution in [0.25, 0.3) is 0 Å². The van der Waals surface area contributed by atoms with Crippen molar-refractivity contribution in [2.45, 2.75) is 20.3 Å². The Morgan fingerprint density at radius 1 is 1.50 bits per heavy atom. The minimum atomic E-state index is 0.974. The molecule has 0 N–H and O–H groups in total. The van der Waals surface area contributed by atoms with Crippen LogP contribution in [0.1, 0.15) is 20.3 Å². The molecule has 0 aromatic carbocycles. The molecule has 8 heavy (non-hydrogen) atoms. The van der Waals surface area contributed by atoms with Crippen molar-refractivity contribution < 1.29 is 0 Å². The zero-order chi connectivity index (χ0) is 5.98. The van der Waals surface area contributed by atoms with Crippen molar-refractivity contribution in [3.05, 3.63) is 0 Å². The zero-order valence-corrected chi connectivity index (χ0v) is 5.85. The first-order valence-corrected chi connectivity index (χ1v) is 3.55. The van der Waals surface area contributed by atoms with Gasteiger partial charge in [0.25, 0.3) is 0 Å². The van der Waals surface area contributed by atoms with E-state index in [0.29, 0.717) is 0 Å². The van der Waals surface area contributed by atoms with Crippen LogP contribution in [0.3, 0.4) is 0 Å². The van der Waals surface area contributed by atoms with Crippen LogP contribution in [-0.2, 0) is 0 Å². The van der Waals surface area contributed by atoms with E-state index in [1.165, 1.54) is 26.1 Å². The van der Waals surface area contributed by atoms with E-state index in [1.54, 1.807) is 0 Å². The number of hydrogen-bond donors (Lipinski definition) is 0. The Morgan fingerprint density at radius 3 is 2.50 bits per heavy atom. The summed E-state index contributed by atoms with van der Waals surface area (Å²) >= 11 is 0. The van der Waals surface area contributed by atoms with Crippen molar-refractivity contribution in [2.24, 2.45) is 5.92 Å². The molecule has 0 radical (unpaired) electrons. The molecule has 0 saturated carbocycles. The molecule has 0 aromatic rings. The number of nitrogens with zero attached hydrogens (tertiary/aromatic N) is 1. The van der Waals surface area contributed by atoms with E-state index >= 15 is 0 Å². The maximum Gasteiger partial charge on any atom is 0.00194 e. The van der Waals surface area contributed by atoms with Gasteiger partial charge >= 0.3 is 0 Å². The van der Waals surface area contributed by atoms with Crippen LogP contribution in [-0.4, -0.2) is 24.5 Å². The van der Waals surface area contributed by atoms with Crippen LogP contribution in [0.15, 0.2) is 0 Å². The molecule has 1 aliphatic rings. The van der Waals surface area contributed by atoms with Gasteiger partial charge in [0.2, 0.25) is 0 Å². The van der Waals surface area contributed by atoms with Crippen molar-refractivity contribution >= 4 is 0 Å². The largest absolute Gasteiger partial charge is 0.303 e. The lowest BCUT2D eigenvalue weighted by atomic mass is 10.0. The summed E-state index contributed by atoms with van der Waals surface area (Å²) in [6.45, 7) is 8.54. The van der Waals surface area contributed by atoms with Crippen LogP contribution in [0, 0.1) is 5.92 Å². The monoisotopic (exact) mass is 113 g/mol. The minimum absolute atomic E-state index is 0.974. The SMILES string of the molecule is CCCN1CC(C)C1. The second kappa shape index (κ2) is 2.49. The van der Waals surface area contributed by atoms with Gasteiger partial charge in [-0.25, -0.2) is 0 Å². The molecule has 48 valence electrons. The van der Waals surface area contributed by atoms with Crippen LogP contribution in [0.4, 0.5) is 0 Å². The molecule has 1 rings (SSSR count). The molecule has 1 heteroatoms. The Labute approximate surface area is 51.7 Å². The highest BCUT2D eigenvalue weighted by atomic mass is 15.2. The number of likely N-dealkylation sites (tertiary alicyclic amines) is 1. The number of hydrogen-bond acceptors (Lipinski definition) is 1. The molecule has 0 bridgehead atoms. The van der Waals surface area contributed by atoms with Crippen molar-refractivity contribution in [2.75, 3.05) is 19.6 Å². The maximum atomic E-state index is 2.50. The molecule has 0 atom stereocenters. The first-order chi connectivity index (χ1) is 3.83. The average Bonchev–Trinajstić information content (AvgIpc) is 1.64. The fraction of sp³-hybridized carbons (Fsp3) is 1.00. The molecule has 1 nitrogen and oxygen atoms in total. The average molecular weight is 113 g/mol. The minimum Gasteiger partial charge on any atom is -0.303 e. The Morgan fingerprint density at radius 2 is 2.12 bits per heavy atom. The quantitative estimate of drug-likeness (QED) is 0.522. The second-order valence-corrected chi connectivity index (χ2v) is 2.86. The van der Waals surface area contributed by atoms with E-state index < -0.39 is 0 Å². The highest BCUT2D eigenvalue weighted by molar-refractivity contribution is 4.74. The van der Waals surface area contributed by atoms with E-state index in [1.807, 2.05) is 0 Å². The van der Waals surface area contributed by atoms with E-state index in [0.717, 1.165) is 5.92 Å². The van der Waals surface area contributed by atoms with Gasteiger partial charge < -0.3 is 4.90 Å². The normalized spacial score (nSPS) is 23.2. The Balaban J connectivity index is 1.98. The van der Waals surface area contributed by atoms with Crippen LogP contribution >= 0.6 is 0 Å². The van der Waals surface area contributed by atoms with Gasteiger partial charge in [0, 0.05) is 13.1 Å². The summed E-state index contributed by atoms with van der Waals surface area (Å²) in [7, 11) is 0. The topological polar surface area (TPSA) is 3.24 Å². The Bertz CT molecular complexity index is 62.0. The molecular weight excluding hydrogens is 98.1 g/mol. The molecular formula is C7H15N. The highest BCUT2D eigenvalue weighted by Crippen LogP contribution is 2.13. The molecule has 0 aliphatic carbocycles. The predicted molar refractivity (Wildman–Crippen MR) is 35.9 cm³/mol. The van der Waals surface area contributed by atoms with Gasteiger partial charge in [0.05, 0.1) is 0 Å². The van der Waals surface area contributed by atoms with E-state index in [2.05, 4.69) is 18.7 Å². The van der Waals surface area contributed by atoms with Gasteiger partial charge in [-0.05, 0) is 18.9 Å². The van der Waals surface area contributed by atoms with Crippen molar-refractivity contribution in [1.82, 2.24) is 4.90 Å². The molecule has 0 unspecified atom stereocenters.